The van der Waals surface area contributed by atoms with E-state index in [0.29, 0.717) is 6.42 Å². The van der Waals surface area contributed by atoms with Gasteiger partial charge in [-0.15, -0.1) is 0 Å². The molecule has 2 saturated heterocycles. The van der Waals surface area contributed by atoms with Crippen molar-refractivity contribution in [2.75, 3.05) is 0 Å². The van der Waals surface area contributed by atoms with Crippen LogP contribution in [0, 0.1) is 0 Å². The van der Waals surface area contributed by atoms with Gasteiger partial charge in [0.2, 0.25) is 0 Å². The molecule has 1 aromatic carbocycles. The third-order valence-corrected chi connectivity index (χ3v) is 4.17. The smallest absolute Gasteiger partial charge is 0.373 e. The first-order valence-electron chi connectivity index (χ1n) is 6.47. The Kier molecular flexibility index (Phi) is 2.87. The van der Waals surface area contributed by atoms with Crippen molar-refractivity contribution in [1.82, 2.24) is 0 Å². The summed E-state index contributed by atoms with van der Waals surface area (Å²) in [6.07, 6.45) is -0.595. The maximum atomic E-state index is 12.5. The van der Waals surface area contributed by atoms with Gasteiger partial charge in [0, 0.05) is 5.54 Å². The molecule has 5 heteroatoms. The molecule has 0 radical (unpaired) electrons. The normalized spacial score (nSPS) is 33.9. The summed E-state index contributed by atoms with van der Waals surface area (Å²) in [5.41, 5.74) is 6.16. The second-order valence-corrected chi connectivity index (χ2v) is 5.63. The van der Waals surface area contributed by atoms with Crippen LogP contribution in [0.4, 0.5) is 13.2 Å². The standard InChI is InChI=1S/C14H16F3NO/c15-14(16,17)10-3-1-9(2-4-10)7-13(18)8-11-5-6-12(13)19-11/h1-4,11-12H,5-8,18H2. The lowest BCUT2D eigenvalue weighted by Gasteiger charge is -2.31. The summed E-state index contributed by atoms with van der Waals surface area (Å²) >= 11 is 0. The molecule has 0 spiro atoms. The van der Waals surface area contributed by atoms with E-state index in [1.807, 2.05) is 0 Å². The van der Waals surface area contributed by atoms with E-state index in [1.165, 1.54) is 12.1 Å². The SMILES string of the molecule is NC1(Cc2ccc(C(F)(F)F)cc2)CC2CCC1O2. The van der Waals surface area contributed by atoms with Crippen molar-refractivity contribution in [2.24, 2.45) is 5.73 Å². The molecule has 2 heterocycles. The van der Waals surface area contributed by atoms with E-state index in [-0.39, 0.29) is 12.2 Å². The van der Waals surface area contributed by atoms with Crippen molar-refractivity contribution in [3.05, 3.63) is 35.4 Å². The minimum Gasteiger partial charge on any atom is -0.373 e. The summed E-state index contributed by atoms with van der Waals surface area (Å²) in [6, 6.07) is 5.27. The van der Waals surface area contributed by atoms with Crippen LogP contribution in [-0.4, -0.2) is 17.7 Å². The predicted octanol–water partition coefficient (Wildman–Crippen LogP) is 2.90. The molecule has 2 aliphatic rings. The van der Waals surface area contributed by atoms with Gasteiger partial charge in [-0.05, 0) is 43.4 Å². The number of hydrogen-bond acceptors (Lipinski definition) is 2. The van der Waals surface area contributed by atoms with E-state index in [2.05, 4.69) is 0 Å². The van der Waals surface area contributed by atoms with Crippen molar-refractivity contribution in [1.29, 1.82) is 0 Å². The molecular weight excluding hydrogens is 255 g/mol. The maximum absolute atomic E-state index is 12.5. The molecule has 2 bridgehead atoms. The van der Waals surface area contributed by atoms with E-state index in [4.69, 9.17) is 10.5 Å². The number of ether oxygens (including phenoxy) is 1. The number of benzene rings is 1. The molecule has 0 saturated carbocycles. The van der Waals surface area contributed by atoms with Crippen LogP contribution in [0.3, 0.4) is 0 Å². The Morgan fingerprint density at radius 1 is 1.21 bits per heavy atom. The number of nitrogens with two attached hydrogens (primary N) is 1. The second-order valence-electron chi connectivity index (χ2n) is 5.63. The Labute approximate surface area is 109 Å². The molecule has 3 rings (SSSR count). The molecule has 1 aromatic rings. The first-order valence-corrected chi connectivity index (χ1v) is 6.47. The molecule has 104 valence electrons. The lowest BCUT2D eigenvalue weighted by atomic mass is 9.78. The Morgan fingerprint density at radius 3 is 2.37 bits per heavy atom. The fraction of sp³-hybridized carbons (Fsp3) is 0.571. The highest BCUT2D eigenvalue weighted by atomic mass is 19.4. The van der Waals surface area contributed by atoms with Gasteiger partial charge < -0.3 is 10.5 Å². The molecule has 2 nitrogen and oxygen atoms in total. The van der Waals surface area contributed by atoms with Crippen molar-refractivity contribution in [3.8, 4) is 0 Å². The van der Waals surface area contributed by atoms with Crippen LogP contribution in [0.15, 0.2) is 24.3 Å². The number of fused-ring (bicyclic) bond motifs is 2. The van der Waals surface area contributed by atoms with Crippen LogP contribution in [-0.2, 0) is 17.3 Å². The quantitative estimate of drug-likeness (QED) is 0.897. The first kappa shape index (κ1) is 12.9. The van der Waals surface area contributed by atoms with Gasteiger partial charge >= 0.3 is 6.18 Å². The largest absolute Gasteiger partial charge is 0.416 e. The van der Waals surface area contributed by atoms with Gasteiger partial charge in [0.15, 0.2) is 0 Å². The van der Waals surface area contributed by atoms with Gasteiger partial charge in [-0.1, -0.05) is 12.1 Å². The van der Waals surface area contributed by atoms with Gasteiger partial charge in [-0.3, -0.25) is 0 Å². The highest BCUT2D eigenvalue weighted by Crippen LogP contribution is 2.42. The summed E-state index contributed by atoms with van der Waals surface area (Å²) in [5.74, 6) is 0. The minimum absolute atomic E-state index is 0.0554. The van der Waals surface area contributed by atoms with Crippen LogP contribution < -0.4 is 5.73 Å². The zero-order chi connectivity index (χ0) is 13.7. The zero-order valence-electron chi connectivity index (χ0n) is 10.4. The molecule has 2 fully saturated rings. The maximum Gasteiger partial charge on any atom is 0.416 e. The molecule has 0 amide bonds. The van der Waals surface area contributed by atoms with Gasteiger partial charge in [0.1, 0.15) is 0 Å². The molecule has 0 aromatic heterocycles. The lowest BCUT2D eigenvalue weighted by Crippen LogP contribution is -2.50. The number of hydrogen-bond donors (Lipinski definition) is 1. The molecular formula is C14H16F3NO. The molecule has 2 N–H and O–H groups in total. The third-order valence-electron chi connectivity index (χ3n) is 4.17. The average molecular weight is 271 g/mol. The first-order chi connectivity index (χ1) is 8.87. The van der Waals surface area contributed by atoms with Gasteiger partial charge in [-0.25, -0.2) is 0 Å². The minimum atomic E-state index is -4.28. The number of halogens is 3. The average Bonchev–Trinajstić information content (AvgIpc) is 2.88. The van der Waals surface area contributed by atoms with Gasteiger partial charge in [-0.2, -0.15) is 13.2 Å². The fourth-order valence-electron chi connectivity index (χ4n) is 3.21. The van der Waals surface area contributed by atoms with E-state index >= 15 is 0 Å². The highest BCUT2D eigenvalue weighted by molar-refractivity contribution is 5.27. The molecule has 2 aliphatic heterocycles. The monoisotopic (exact) mass is 271 g/mol. The van der Waals surface area contributed by atoms with Crippen LogP contribution >= 0.6 is 0 Å². The van der Waals surface area contributed by atoms with E-state index in [1.54, 1.807) is 0 Å². The van der Waals surface area contributed by atoms with E-state index < -0.39 is 17.3 Å². The van der Waals surface area contributed by atoms with E-state index in [0.717, 1.165) is 37.0 Å². The zero-order valence-corrected chi connectivity index (χ0v) is 10.4. The summed E-state index contributed by atoms with van der Waals surface area (Å²) in [7, 11) is 0. The second kappa shape index (κ2) is 4.21. The molecule has 19 heavy (non-hydrogen) atoms. The van der Waals surface area contributed by atoms with Crippen LogP contribution in [0.1, 0.15) is 30.4 Å². The highest BCUT2D eigenvalue weighted by Gasteiger charge is 2.49. The van der Waals surface area contributed by atoms with Crippen LogP contribution in [0.25, 0.3) is 0 Å². The van der Waals surface area contributed by atoms with Gasteiger partial charge in [0.25, 0.3) is 0 Å². The van der Waals surface area contributed by atoms with Crippen molar-refractivity contribution in [3.63, 3.8) is 0 Å². The summed E-state index contributed by atoms with van der Waals surface area (Å²) < 4.78 is 43.2. The summed E-state index contributed by atoms with van der Waals surface area (Å²) in [5, 5.41) is 0. The fourth-order valence-corrected chi connectivity index (χ4v) is 3.21. The van der Waals surface area contributed by atoms with Crippen LogP contribution in [0.5, 0.6) is 0 Å². The number of alkyl halides is 3. The van der Waals surface area contributed by atoms with Crippen molar-refractivity contribution in [2.45, 2.75) is 49.6 Å². The third kappa shape index (κ3) is 2.37. The predicted molar refractivity (Wildman–Crippen MR) is 64.6 cm³/mol. The summed E-state index contributed by atoms with van der Waals surface area (Å²) in [6.45, 7) is 0. The van der Waals surface area contributed by atoms with Crippen molar-refractivity contribution < 1.29 is 17.9 Å². The Morgan fingerprint density at radius 2 is 1.89 bits per heavy atom. The Hall–Kier alpha value is -1.07. The molecule has 3 unspecified atom stereocenters. The van der Waals surface area contributed by atoms with Gasteiger partial charge in [0.05, 0.1) is 17.8 Å². The molecule has 0 aliphatic carbocycles. The number of rotatable bonds is 2. The van der Waals surface area contributed by atoms with Crippen LogP contribution in [0.2, 0.25) is 0 Å². The Bertz CT molecular complexity index is 471. The topological polar surface area (TPSA) is 35.2 Å². The molecule has 3 atom stereocenters. The lowest BCUT2D eigenvalue weighted by molar-refractivity contribution is -0.137. The Balaban J connectivity index is 1.74. The van der Waals surface area contributed by atoms with E-state index in [9.17, 15) is 13.2 Å². The summed E-state index contributed by atoms with van der Waals surface area (Å²) in [4.78, 5) is 0. The van der Waals surface area contributed by atoms with Crippen molar-refractivity contribution >= 4 is 0 Å².